The van der Waals surface area contributed by atoms with Crippen LogP contribution in [0, 0.1) is 0 Å². The van der Waals surface area contributed by atoms with E-state index in [1.54, 1.807) is 13.8 Å². The molecule has 0 amide bonds. The highest BCUT2D eigenvalue weighted by atomic mass is 32.2. The molecule has 2 aromatic rings. The van der Waals surface area contributed by atoms with E-state index in [4.69, 9.17) is 0 Å². The molecule has 1 heterocycles. The summed E-state index contributed by atoms with van der Waals surface area (Å²) in [4.78, 5) is 11.2. The van der Waals surface area contributed by atoms with Crippen molar-refractivity contribution in [3.05, 3.63) is 53.9 Å². The van der Waals surface area contributed by atoms with Crippen LogP contribution < -0.4 is 0 Å². The fourth-order valence-electron chi connectivity index (χ4n) is 2.37. The largest absolute Gasteiger partial charge is 0.477 e. The van der Waals surface area contributed by atoms with Crippen LogP contribution in [-0.4, -0.2) is 34.9 Å². The third-order valence-corrected chi connectivity index (χ3v) is 5.51. The fraction of sp³-hybridized carbons (Fsp3) is 0.312. The van der Waals surface area contributed by atoms with Crippen LogP contribution >= 0.6 is 0 Å². The maximum absolute atomic E-state index is 12.8. The quantitative estimate of drug-likeness (QED) is 0.842. The minimum Gasteiger partial charge on any atom is -0.477 e. The Balaban J connectivity index is 2.37. The molecular formula is C16H20N2O4S. The molecule has 0 fully saturated rings. The second kappa shape index (κ2) is 6.97. The lowest BCUT2D eigenvalue weighted by atomic mass is 10.2. The van der Waals surface area contributed by atoms with Crippen LogP contribution in [0.3, 0.4) is 0 Å². The predicted molar refractivity (Wildman–Crippen MR) is 86.8 cm³/mol. The highest BCUT2D eigenvalue weighted by molar-refractivity contribution is 7.89. The van der Waals surface area contributed by atoms with Gasteiger partial charge in [-0.15, -0.1) is 0 Å². The Labute approximate surface area is 136 Å². The standard InChI is InChI=1S/C16H20N2O4S/c1-3-17-12-14(10-15(17)16(19)20)23(21,22)18(4-2)11-13-8-6-5-7-9-13/h5-10,12H,3-4,11H2,1-2H3,(H,19,20). The molecule has 2 rings (SSSR count). The normalized spacial score (nSPS) is 11.8. The molecule has 0 aliphatic heterocycles. The smallest absolute Gasteiger partial charge is 0.352 e. The van der Waals surface area contributed by atoms with E-state index in [0.717, 1.165) is 5.56 Å². The summed E-state index contributed by atoms with van der Waals surface area (Å²) >= 11 is 0. The first-order valence-electron chi connectivity index (χ1n) is 7.37. The van der Waals surface area contributed by atoms with Crippen LogP contribution in [0.25, 0.3) is 0 Å². The highest BCUT2D eigenvalue weighted by Gasteiger charge is 2.26. The van der Waals surface area contributed by atoms with Gasteiger partial charge in [0.2, 0.25) is 10.0 Å². The molecule has 1 N–H and O–H groups in total. The Morgan fingerprint density at radius 1 is 1.22 bits per heavy atom. The van der Waals surface area contributed by atoms with Crippen molar-refractivity contribution in [1.29, 1.82) is 0 Å². The van der Waals surface area contributed by atoms with Gasteiger partial charge in [0.15, 0.2) is 0 Å². The zero-order valence-corrected chi connectivity index (χ0v) is 14.0. The SMILES string of the molecule is CCN(Cc1ccccc1)S(=O)(=O)c1cc(C(=O)O)n(CC)c1. The molecule has 124 valence electrons. The van der Waals surface area contributed by atoms with Gasteiger partial charge in [0, 0.05) is 25.8 Å². The topological polar surface area (TPSA) is 79.6 Å². The fourth-order valence-corrected chi connectivity index (χ4v) is 3.85. The van der Waals surface area contributed by atoms with Crippen molar-refractivity contribution in [2.24, 2.45) is 0 Å². The summed E-state index contributed by atoms with van der Waals surface area (Å²) in [6, 6.07) is 10.5. The summed E-state index contributed by atoms with van der Waals surface area (Å²) < 4.78 is 28.3. The first kappa shape index (κ1) is 17.2. The second-order valence-corrected chi connectivity index (χ2v) is 7.01. The van der Waals surface area contributed by atoms with Gasteiger partial charge in [-0.05, 0) is 18.6 Å². The lowest BCUT2D eigenvalue weighted by molar-refractivity contribution is 0.0685. The zero-order valence-electron chi connectivity index (χ0n) is 13.1. The number of benzene rings is 1. The first-order chi connectivity index (χ1) is 10.9. The zero-order chi connectivity index (χ0) is 17.0. The average molecular weight is 336 g/mol. The molecule has 0 saturated heterocycles. The van der Waals surface area contributed by atoms with E-state index in [2.05, 4.69) is 0 Å². The number of carbonyl (C=O) groups is 1. The van der Waals surface area contributed by atoms with Crippen LogP contribution in [0.5, 0.6) is 0 Å². The molecule has 0 spiro atoms. The third-order valence-electron chi connectivity index (χ3n) is 3.62. The maximum atomic E-state index is 12.8. The van der Waals surface area contributed by atoms with Crippen LogP contribution in [-0.2, 0) is 23.1 Å². The van der Waals surface area contributed by atoms with E-state index in [1.807, 2.05) is 30.3 Å². The van der Waals surface area contributed by atoms with E-state index < -0.39 is 16.0 Å². The Hall–Kier alpha value is -2.12. The van der Waals surface area contributed by atoms with Gasteiger partial charge in [-0.25, -0.2) is 13.2 Å². The van der Waals surface area contributed by atoms with Crippen molar-refractivity contribution < 1.29 is 18.3 Å². The molecule has 23 heavy (non-hydrogen) atoms. The van der Waals surface area contributed by atoms with Crippen LogP contribution in [0.15, 0.2) is 47.5 Å². The van der Waals surface area contributed by atoms with Gasteiger partial charge in [-0.1, -0.05) is 37.3 Å². The van der Waals surface area contributed by atoms with Gasteiger partial charge >= 0.3 is 5.97 Å². The molecule has 0 aliphatic rings. The Morgan fingerprint density at radius 2 is 1.87 bits per heavy atom. The molecule has 0 atom stereocenters. The molecule has 0 aliphatic carbocycles. The summed E-state index contributed by atoms with van der Waals surface area (Å²) in [6.07, 6.45) is 1.38. The first-order valence-corrected chi connectivity index (χ1v) is 8.81. The van der Waals surface area contributed by atoms with E-state index in [-0.39, 0.29) is 17.1 Å². The minimum atomic E-state index is -3.75. The van der Waals surface area contributed by atoms with Crippen molar-refractivity contribution in [3.63, 3.8) is 0 Å². The van der Waals surface area contributed by atoms with Crippen molar-refractivity contribution in [3.8, 4) is 0 Å². The van der Waals surface area contributed by atoms with Gasteiger partial charge in [-0.3, -0.25) is 0 Å². The molecule has 0 saturated carbocycles. The van der Waals surface area contributed by atoms with E-state index in [1.165, 1.54) is 21.1 Å². The summed E-state index contributed by atoms with van der Waals surface area (Å²) in [5, 5.41) is 9.18. The lowest BCUT2D eigenvalue weighted by Gasteiger charge is -2.19. The number of aryl methyl sites for hydroxylation is 1. The Bertz CT molecular complexity index is 782. The van der Waals surface area contributed by atoms with Crippen LogP contribution in [0.4, 0.5) is 0 Å². The molecule has 1 aromatic heterocycles. The number of hydrogen-bond acceptors (Lipinski definition) is 3. The van der Waals surface area contributed by atoms with Crippen molar-refractivity contribution in [2.45, 2.75) is 31.8 Å². The van der Waals surface area contributed by atoms with E-state index in [9.17, 15) is 18.3 Å². The van der Waals surface area contributed by atoms with Crippen molar-refractivity contribution in [1.82, 2.24) is 8.87 Å². The second-order valence-electron chi connectivity index (χ2n) is 5.07. The van der Waals surface area contributed by atoms with Gasteiger partial charge in [0.1, 0.15) is 10.6 Å². The Morgan fingerprint density at radius 3 is 2.35 bits per heavy atom. The van der Waals surface area contributed by atoms with E-state index in [0.29, 0.717) is 13.1 Å². The van der Waals surface area contributed by atoms with Crippen molar-refractivity contribution in [2.75, 3.05) is 6.54 Å². The van der Waals surface area contributed by atoms with E-state index >= 15 is 0 Å². The molecule has 0 unspecified atom stereocenters. The third kappa shape index (κ3) is 3.62. The maximum Gasteiger partial charge on any atom is 0.352 e. The number of carboxylic acid groups (broad SMARTS) is 1. The van der Waals surface area contributed by atoms with Gasteiger partial charge < -0.3 is 9.67 Å². The molecule has 1 aromatic carbocycles. The summed E-state index contributed by atoms with van der Waals surface area (Å²) in [5.74, 6) is -1.14. The molecule has 7 heteroatoms. The van der Waals surface area contributed by atoms with Gasteiger partial charge in [-0.2, -0.15) is 4.31 Å². The summed E-state index contributed by atoms with van der Waals surface area (Å²) in [6.45, 7) is 4.47. The van der Waals surface area contributed by atoms with Crippen LogP contribution in [0.1, 0.15) is 29.9 Å². The summed E-state index contributed by atoms with van der Waals surface area (Å²) in [5.41, 5.74) is 0.855. The minimum absolute atomic E-state index is 0.00883. The number of aromatic nitrogens is 1. The monoisotopic (exact) mass is 336 g/mol. The predicted octanol–water partition coefficient (Wildman–Crippen LogP) is 2.42. The average Bonchev–Trinajstić information content (AvgIpc) is 2.98. The number of nitrogens with zero attached hydrogens (tertiary/aromatic N) is 2. The lowest BCUT2D eigenvalue weighted by Crippen LogP contribution is -2.30. The van der Waals surface area contributed by atoms with Gasteiger partial charge in [0.05, 0.1) is 0 Å². The molecule has 6 nitrogen and oxygen atoms in total. The molecular weight excluding hydrogens is 316 g/mol. The molecule has 0 radical (unpaired) electrons. The van der Waals surface area contributed by atoms with Crippen molar-refractivity contribution >= 4 is 16.0 Å². The number of aromatic carboxylic acids is 1. The van der Waals surface area contributed by atoms with Crippen LogP contribution in [0.2, 0.25) is 0 Å². The number of rotatable bonds is 7. The van der Waals surface area contributed by atoms with Gasteiger partial charge in [0.25, 0.3) is 0 Å². The number of carboxylic acids is 1. The summed E-state index contributed by atoms with van der Waals surface area (Å²) in [7, 11) is -3.75. The highest BCUT2D eigenvalue weighted by Crippen LogP contribution is 2.21. The number of sulfonamides is 1. The molecule has 0 bridgehead atoms. The number of hydrogen-bond donors (Lipinski definition) is 1. The Kier molecular flexibility index (Phi) is 5.23.